The lowest BCUT2D eigenvalue weighted by Crippen LogP contribution is -2.13. The molecule has 0 aromatic carbocycles. The van der Waals surface area contributed by atoms with Gasteiger partial charge >= 0.3 is 6.01 Å². The molecule has 0 saturated heterocycles. The van der Waals surface area contributed by atoms with Gasteiger partial charge in [-0.2, -0.15) is 4.98 Å². The molecule has 3 aromatic rings. The topological polar surface area (TPSA) is 119 Å². The quantitative estimate of drug-likeness (QED) is 0.736. The minimum absolute atomic E-state index is 0.0896. The molecule has 9 heteroatoms. The van der Waals surface area contributed by atoms with Crippen molar-refractivity contribution >= 4 is 11.9 Å². The van der Waals surface area contributed by atoms with E-state index in [0.717, 1.165) is 0 Å². The number of methoxy groups -OCH3 is 1. The molecule has 3 heterocycles. The zero-order valence-corrected chi connectivity index (χ0v) is 10.3. The van der Waals surface area contributed by atoms with Crippen molar-refractivity contribution in [2.75, 3.05) is 12.4 Å². The van der Waals surface area contributed by atoms with Crippen molar-refractivity contribution in [1.82, 2.24) is 20.3 Å². The Balaban J connectivity index is 1.74. The van der Waals surface area contributed by atoms with Crippen molar-refractivity contribution in [3.05, 3.63) is 30.2 Å². The average molecular weight is 275 g/mol. The number of amides is 1. The second-order valence-electron chi connectivity index (χ2n) is 3.68. The number of H-pyrrole nitrogens is 1. The smallest absolute Gasteiger partial charge is 0.336 e. The minimum atomic E-state index is -0.495. The molecule has 2 N–H and O–H groups in total. The van der Waals surface area contributed by atoms with Crippen LogP contribution in [0.3, 0.4) is 0 Å². The Morgan fingerprint density at radius 3 is 3.05 bits per heavy atom. The van der Waals surface area contributed by atoms with Crippen molar-refractivity contribution in [3.8, 4) is 17.5 Å². The maximum atomic E-state index is 11.9. The summed E-state index contributed by atoms with van der Waals surface area (Å²) in [5.74, 6) is 0.493. The van der Waals surface area contributed by atoms with Crippen LogP contribution in [0.2, 0.25) is 0 Å². The zero-order valence-electron chi connectivity index (χ0n) is 10.3. The fraction of sp³-hybridized carbons (Fsp3) is 0.0909. The van der Waals surface area contributed by atoms with Crippen molar-refractivity contribution in [3.63, 3.8) is 0 Å². The number of nitrogens with zero attached hydrogens (tertiary/aromatic N) is 3. The van der Waals surface area contributed by atoms with Crippen LogP contribution in [-0.4, -0.2) is 33.4 Å². The molecule has 3 aromatic heterocycles. The Labute approximate surface area is 111 Å². The Morgan fingerprint density at radius 1 is 1.45 bits per heavy atom. The maximum absolute atomic E-state index is 11.9. The lowest BCUT2D eigenvalue weighted by Gasteiger charge is -1.95. The lowest BCUT2D eigenvalue weighted by molar-refractivity contribution is 0.101. The first-order chi connectivity index (χ1) is 9.76. The fourth-order valence-corrected chi connectivity index (χ4v) is 1.48. The summed E-state index contributed by atoms with van der Waals surface area (Å²) in [6, 6.07) is 4.99. The second kappa shape index (κ2) is 4.88. The lowest BCUT2D eigenvalue weighted by atomic mass is 10.3. The van der Waals surface area contributed by atoms with Crippen LogP contribution in [-0.2, 0) is 0 Å². The fourth-order valence-electron chi connectivity index (χ4n) is 1.48. The van der Waals surface area contributed by atoms with E-state index in [1.807, 2.05) is 0 Å². The van der Waals surface area contributed by atoms with E-state index in [-0.39, 0.29) is 17.7 Å². The molecule has 1 amide bonds. The predicted octanol–water partition coefficient (Wildman–Crippen LogP) is 1.31. The Hall–Kier alpha value is -3.10. The molecular weight excluding hydrogens is 266 g/mol. The van der Waals surface area contributed by atoms with Crippen molar-refractivity contribution in [1.29, 1.82) is 0 Å². The number of anilines is 1. The standard InChI is InChI=1S/C11H9N5O4/c1-18-11-13-10(14-15-11)12-9(17)6-5-8(20-16-6)7-3-2-4-19-7/h2-5H,1H3,(H2,12,13,14,15,17). The summed E-state index contributed by atoms with van der Waals surface area (Å²) in [7, 11) is 1.42. The summed E-state index contributed by atoms with van der Waals surface area (Å²) in [5, 5.41) is 12.3. The Morgan fingerprint density at radius 2 is 2.35 bits per heavy atom. The molecule has 0 aliphatic carbocycles. The second-order valence-corrected chi connectivity index (χ2v) is 3.68. The molecule has 0 unspecified atom stereocenters. The van der Waals surface area contributed by atoms with E-state index in [1.165, 1.54) is 19.4 Å². The third-order valence-corrected chi connectivity index (χ3v) is 2.39. The summed E-state index contributed by atoms with van der Waals surface area (Å²) < 4.78 is 14.9. The van der Waals surface area contributed by atoms with Crippen LogP contribution in [0.15, 0.2) is 33.4 Å². The third-order valence-electron chi connectivity index (χ3n) is 2.39. The van der Waals surface area contributed by atoms with E-state index in [4.69, 9.17) is 13.7 Å². The molecule has 9 nitrogen and oxygen atoms in total. The third kappa shape index (κ3) is 2.23. The van der Waals surface area contributed by atoms with Gasteiger partial charge in [-0.1, -0.05) is 5.16 Å². The highest BCUT2D eigenvalue weighted by Gasteiger charge is 2.16. The molecular formula is C11H9N5O4. The van der Waals surface area contributed by atoms with E-state index in [2.05, 4.69) is 25.7 Å². The number of aromatic amines is 1. The zero-order chi connectivity index (χ0) is 13.9. The van der Waals surface area contributed by atoms with E-state index < -0.39 is 5.91 Å². The minimum Gasteiger partial charge on any atom is -0.466 e. The average Bonchev–Trinajstić information content (AvgIpc) is 3.19. The van der Waals surface area contributed by atoms with Crippen LogP contribution in [0.1, 0.15) is 10.5 Å². The Bertz CT molecular complexity index is 715. The highest BCUT2D eigenvalue weighted by molar-refractivity contribution is 6.02. The normalized spacial score (nSPS) is 10.4. The van der Waals surface area contributed by atoms with Crippen LogP contribution in [0, 0.1) is 0 Å². The molecule has 0 fully saturated rings. The van der Waals surface area contributed by atoms with Crippen molar-refractivity contribution in [2.24, 2.45) is 0 Å². The van der Waals surface area contributed by atoms with E-state index in [9.17, 15) is 4.79 Å². The van der Waals surface area contributed by atoms with Gasteiger partial charge in [0.1, 0.15) is 0 Å². The summed E-state index contributed by atoms with van der Waals surface area (Å²) in [5.41, 5.74) is 0.0896. The highest BCUT2D eigenvalue weighted by atomic mass is 16.5. The molecule has 0 aliphatic heterocycles. The van der Waals surface area contributed by atoms with Crippen LogP contribution in [0.5, 0.6) is 6.01 Å². The van der Waals surface area contributed by atoms with Gasteiger partial charge in [-0.05, 0) is 12.1 Å². The maximum Gasteiger partial charge on any atom is 0.336 e. The molecule has 0 aliphatic rings. The number of rotatable bonds is 4. The Kier molecular flexibility index (Phi) is 2.92. The molecule has 3 rings (SSSR count). The molecule has 20 heavy (non-hydrogen) atoms. The first-order valence-electron chi connectivity index (χ1n) is 5.54. The summed E-state index contributed by atoms with van der Waals surface area (Å²) in [6.07, 6.45) is 1.50. The number of hydrogen-bond donors (Lipinski definition) is 2. The van der Waals surface area contributed by atoms with E-state index in [1.54, 1.807) is 12.1 Å². The van der Waals surface area contributed by atoms with Gasteiger partial charge in [0, 0.05) is 6.07 Å². The number of furan rings is 1. The molecule has 0 saturated carbocycles. The van der Waals surface area contributed by atoms with Crippen LogP contribution < -0.4 is 10.1 Å². The van der Waals surface area contributed by atoms with Crippen molar-refractivity contribution in [2.45, 2.75) is 0 Å². The summed E-state index contributed by atoms with van der Waals surface area (Å²) in [6.45, 7) is 0. The van der Waals surface area contributed by atoms with Gasteiger partial charge < -0.3 is 13.7 Å². The molecule has 0 bridgehead atoms. The molecule has 0 spiro atoms. The van der Waals surface area contributed by atoms with Crippen LogP contribution >= 0.6 is 0 Å². The van der Waals surface area contributed by atoms with Gasteiger partial charge in [-0.3, -0.25) is 10.1 Å². The summed E-state index contributed by atoms with van der Waals surface area (Å²) in [4.78, 5) is 15.8. The largest absolute Gasteiger partial charge is 0.466 e. The van der Waals surface area contributed by atoms with Crippen LogP contribution in [0.25, 0.3) is 11.5 Å². The number of ether oxygens (including phenoxy) is 1. The SMILES string of the molecule is COc1n[nH]c(NC(=O)c2cc(-c3ccco3)on2)n1. The molecule has 0 atom stereocenters. The van der Waals surface area contributed by atoms with Gasteiger partial charge in [0.2, 0.25) is 11.7 Å². The van der Waals surface area contributed by atoms with E-state index in [0.29, 0.717) is 11.5 Å². The van der Waals surface area contributed by atoms with Gasteiger partial charge in [0.05, 0.1) is 13.4 Å². The number of carbonyl (C=O) groups excluding carboxylic acids is 1. The predicted molar refractivity (Wildman–Crippen MR) is 65.1 cm³/mol. The van der Waals surface area contributed by atoms with Gasteiger partial charge in [-0.25, -0.2) is 5.10 Å². The molecule has 102 valence electrons. The monoisotopic (exact) mass is 275 g/mol. The van der Waals surface area contributed by atoms with E-state index >= 15 is 0 Å². The number of nitrogens with one attached hydrogen (secondary N) is 2. The van der Waals surface area contributed by atoms with Crippen LogP contribution in [0.4, 0.5) is 5.95 Å². The summed E-state index contributed by atoms with van der Waals surface area (Å²) >= 11 is 0. The van der Waals surface area contributed by atoms with Gasteiger partial charge in [0.25, 0.3) is 5.91 Å². The highest BCUT2D eigenvalue weighted by Crippen LogP contribution is 2.20. The molecule has 0 radical (unpaired) electrons. The number of aromatic nitrogens is 4. The van der Waals surface area contributed by atoms with Gasteiger partial charge in [-0.15, -0.1) is 5.10 Å². The van der Waals surface area contributed by atoms with Crippen molar-refractivity contribution < 1.29 is 18.5 Å². The number of hydrogen-bond acceptors (Lipinski definition) is 7. The van der Waals surface area contributed by atoms with Gasteiger partial charge in [0.15, 0.2) is 11.5 Å². The first-order valence-corrected chi connectivity index (χ1v) is 5.54. The number of carbonyl (C=O) groups is 1. The first kappa shape index (κ1) is 12.0.